The number of methoxy groups -OCH3 is 2. The summed E-state index contributed by atoms with van der Waals surface area (Å²) < 4.78 is 10.2. The van der Waals surface area contributed by atoms with E-state index in [0.29, 0.717) is 30.5 Å². The number of benzene rings is 2. The van der Waals surface area contributed by atoms with Gasteiger partial charge in [0.2, 0.25) is 0 Å². The van der Waals surface area contributed by atoms with E-state index >= 15 is 0 Å². The number of nitrogens with zero attached hydrogens (tertiary/aromatic N) is 2. The van der Waals surface area contributed by atoms with E-state index in [2.05, 4.69) is 20.6 Å². The highest BCUT2D eigenvalue weighted by Gasteiger charge is 2.13. The molecule has 2 aromatic carbocycles. The van der Waals surface area contributed by atoms with Gasteiger partial charge >= 0.3 is 0 Å². The fraction of sp³-hybridized carbons (Fsp3) is 0.227. The third-order valence-corrected chi connectivity index (χ3v) is 4.17. The van der Waals surface area contributed by atoms with Gasteiger partial charge in [-0.2, -0.15) is 0 Å². The second-order valence-corrected chi connectivity index (χ2v) is 6.28. The minimum atomic E-state index is -0.310. The molecule has 0 aliphatic rings. The average Bonchev–Trinajstić information content (AvgIpc) is 2.77. The molecule has 3 aromatic rings. The van der Waals surface area contributed by atoms with Crippen LogP contribution in [0.2, 0.25) is 0 Å². The van der Waals surface area contributed by atoms with Crippen LogP contribution in [0.15, 0.2) is 60.7 Å². The lowest BCUT2D eigenvalue weighted by Crippen LogP contribution is -2.16. The van der Waals surface area contributed by atoms with Gasteiger partial charge in [0.15, 0.2) is 5.82 Å². The number of ether oxygens (including phenoxy) is 2. The molecule has 3 rings (SSSR count). The summed E-state index contributed by atoms with van der Waals surface area (Å²) in [6.45, 7) is 1.33. The van der Waals surface area contributed by atoms with E-state index in [9.17, 15) is 4.79 Å². The first-order valence-electron chi connectivity index (χ1n) is 9.32. The minimum absolute atomic E-state index is 0.281. The van der Waals surface area contributed by atoms with Crippen LogP contribution >= 0.6 is 0 Å². The molecular weight excluding hydrogens is 368 g/mol. The molecule has 150 valence electrons. The monoisotopic (exact) mass is 392 g/mol. The van der Waals surface area contributed by atoms with Crippen molar-refractivity contribution in [3.8, 4) is 17.1 Å². The standard InChI is InChI=1S/C22H24N4O3/c1-28-14-6-13-23-20-15-19(25-21(26-20)16-7-4-3-5-8-16)22(27)24-17-9-11-18(29-2)12-10-17/h3-5,7-12,15H,6,13-14H2,1-2H3,(H,24,27)(H,23,25,26). The van der Waals surface area contributed by atoms with Crippen molar-refractivity contribution in [2.45, 2.75) is 6.42 Å². The summed E-state index contributed by atoms with van der Waals surface area (Å²) in [5, 5.41) is 6.10. The fourth-order valence-corrected chi connectivity index (χ4v) is 2.67. The summed E-state index contributed by atoms with van der Waals surface area (Å²) in [6.07, 6.45) is 0.828. The number of hydrogen-bond acceptors (Lipinski definition) is 6. The maximum atomic E-state index is 12.8. The van der Waals surface area contributed by atoms with Gasteiger partial charge in [-0.05, 0) is 30.7 Å². The summed E-state index contributed by atoms with van der Waals surface area (Å²) in [6, 6.07) is 18.3. The van der Waals surface area contributed by atoms with E-state index in [-0.39, 0.29) is 11.6 Å². The molecule has 0 radical (unpaired) electrons. The summed E-state index contributed by atoms with van der Waals surface area (Å²) in [5.41, 5.74) is 1.78. The number of rotatable bonds is 9. The smallest absolute Gasteiger partial charge is 0.274 e. The molecule has 0 atom stereocenters. The number of carbonyl (C=O) groups excluding carboxylic acids is 1. The molecule has 7 heteroatoms. The van der Waals surface area contributed by atoms with Crippen molar-refractivity contribution < 1.29 is 14.3 Å². The van der Waals surface area contributed by atoms with Gasteiger partial charge in [-0.1, -0.05) is 30.3 Å². The molecule has 0 aliphatic carbocycles. The molecule has 1 amide bonds. The zero-order valence-corrected chi connectivity index (χ0v) is 16.5. The molecule has 0 saturated carbocycles. The van der Waals surface area contributed by atoms with Crippen LogP contribution in [-0.2, 0) is 4.74 Å². The third-order valence-electron chi connectivity index (χ3n) is 4.17. The van der Waals surface area contributed by atoms with Crippen molar-refractivity contribution in [3.63, 3.8) is 0 Å². The molecule has 1 aromatic heterocycles. The zero-order valence-electron chi connectivity index (χ0n) is 16.5. The summed E-state index contributed by atoms with van der Waals surface area (Å²) in [4.78, 5) is 21.8. The lowest BCUT2D eigenvalue weighted by atomic mass is 10.2. The van der Waals surface area contributed by atoms with Crippen LogP contribution in [-0.4, -0.2) is 43.2 Å². The van der Waals surface area contributed by atoms with Crippen molar-refractivity contribution in [3.05, 3.63) is 66.4 Å². The van der Waals surface area contributed by atoms with E-state index < -0.39 is 0 Å². The maximum Gasteiger partial charge on any atom is 0.274 e. The molecule has 2 N–H and O–H groups in total. The van der Waals surface area contributed by atoms with E-state index in [1.54, 1.807) is 44.6 Å². The van der Waals surface area contributed by atoms with Gasteiger partial charge in [0.05, 0.1) is 7.11 Å². The SMILES string of the molecule is COCCCNc1cc(C(=O)Nc2ccc(OC)cc2)nc(-c2ccccc2)n1. The van der Waals surface area contributed by atoms with Crippen molar-refractivity contribution in [1.82, 2.24) is 9.97 Å². The first kappa shape index (κ1) is 20.3. The van der Waals surface area contributed by atoms with Crippen molar-refractivity contribution >= 4 is 17.4 Å². The topological polar surface area (TPSA) is 85.4 Å². The Bertz CT molecular complexity index is 931. The average molecular weight is 392 g/mol. The zero-order chi connectivity index (χ0) is 20.5. The van der Waals surface area contributed by atoms with Crippen LogP contribution < -0.4 is 15.4 Å². The molecule has 0 fully saturated rings. The Morgan fingerprint density at radius 2 is 1.76 bits per heavy atom. The van der Waals surface area contributed by atoms with Crippen LogP contribution in [0.4, 0.5) is 11.5 Å². The minimum Gasteiger partial charge on any atom is -0.497 e. The Hall–Kier alpha value is -3.45. The van der Waals surface area contributed by atoms with E-state index in [0.717, 1.165) is 17.7 Å². The van der Waals surface area contributed by atoms with Gasteiger partial charge in [0, 0.05) is 37.6 Å². The number of nitrogens with one attached hydrogen (secondary N) is 2. The Morgan fingerprint density at radius 3 is 2.45 bits per heavy atom. The highest BCUT2D eigenvalue weighted by atomic mass is 16.5. The maximum absolute atomic E-state index is 12.8. The van der Waals surface area contributed by atoms with Gasteiger partial charge in [-0.25, -0.2) is 9.97 Å². The first-order valence-corrected chi connectivity index (χ1v) is 9.32. The number of amides is 1. The van der Waals surface area contributed by atoms with Gasteiger partial charge in [0.25, 0.3) is 5.91 Å². The van der Waals surface area contributed by atoms with Crippen molar-refractivity contribution in [2.24, 2.45) is 0 Å². The van der Waals surface area contributed by atoms with Crippen LogP contribution in [0.25, 0.3) is 11.4 Å². The Labute approximate surface area is 170 Å². The second kappa shape index (κ2) is 10.2. The fourth-order valence-electron chi connectivity index (χ4n) is 2.67. The lowest BCUT2D eigenvalue weighted by Gasteiger charge is -2.11. The second-order valence-electron chi connectivity index (χ2n) is 6.28. The quantitative estimate of drug-likeness (QED) is 0.538. The Kier molecular flexibility index (Phi) is 7.13. The molecule has 1 heterocycles. The Balaban J connectivity index is 1.83. The molecule has 0 bridgehead atoms. The first-order chi connectivity index (χ1) is 14.2. The number of aromatic nitrogens is 2. The van der Waals surface area contributed by atoms with Crippen LogP contribution in [0, 0.1) is 0 Å². The summed E-state index contributed by atoms with van der Waals surface area (Å²) >= 11 is 0. The highest BCUT2D eigenvalue weighted by molar-refractivity contribution is 6.03. The van der Waals surface area contributed by atoms with Gasteiger partial charge in [-0.3, -0.25) is 4.79 Å². The lowest BCUT2D eigenvalue weighted by molar-refractivity contribution is 0.102. The van der Waals surface area contributed by atoms with E-state index in [1.807, 2.05) is 30.3 Å². The molecule has 0 saturated heterocycles. The van der Waals surface area contributed by atoms with Crippen LogP contribution in [0.1, 0.15) is 16.9 Å². The van der Waals surface area contributed by atoms with Crippen LogP contribution in [0.3, 0.4) is 0 Å². The highest BCUT2D eigenvalue weighted by Crippen LogP contribution is 2.20. The number of carbonyl (C=O) groups is 1. The molecule has 0 aliphatic heterocycles. The van der Waals surface area contributed by atoms with Crippen molar-refractivity contribution in [2.75, 3.05) is 38.0 Å². The van der Waals surface area contributed by atoms with Crippen molar-refractivity contribution in [1.29, 1.82) is 0 Å². The van der Waals surface area contributed by atoms with Gasteiger partial charge in [0.1, 0.15) is 17.3 Å². The summed E-state index contributed by atoms with van der Waals surface area (Å²) in [7, 11) is 3.26. The van der Waals surface area contributed by atoms with E-state index in [4.69, 9.17) is 9.47 Å². The van der Waals surface area contributed by atoms with E-state index in [1.165, 1.54) is 0 Å². The molecule has 7 nitrogen and oxygen atoms in total. The molecule has 29 heavy (non-hydrogen) atoms. The number of anilines is 2. The molecule has 0 unspecified atom stereocenters. The van der Waals surface area contributed by atoms with Crippen LogP contribution in [0.5, 0.6) is 5.75 Å². The number of hydrogen-bond donors (Lipinski definition) is 2. The van der Waals surface area contributed by atoms with Gasteiger partial charge < -0.3 is 20.1 Å². The molecule has 0 spiro atoms. The largest absolute Gasteiger partial charge is 0.497 e. The third kappa shape index (κ3) is 5.76. The predicted molar refractivity (Wildman–Crippen MR) is 113 cm³/mol. The normalized spacial score (nSPS) is 10.4. The Morgan fingerprint density at radius 1 is 1.00 bits per heavy atom. The molecular formula is C22H24N4O3. The predicted octanol–water partition coefficient (Wildman–Crippen LogP) is 3.85. The van der Waals surface area contributed by atoms with Gasteiger partial charge in [-0.15, -0.1) is 0 Å². The summed E-state index contributed by atoms with van der Waals surface area (Å²) in [5.74, 6) is 1.49.